The highest BCUT2D eigenvalue weighted by Crippen LogP contribution is 2.24. The first-order valence-electron chi connectivity index (χ1n) is 10.3. The summed E-state index contributed by atoms with van der Waals surface area (Å²) in [6, 6.07) is 0.0507. The van der Waals surface area contributed by atoms with Crippen molar-refractivity contribution in [2.75, 3.05) is 19.6 Å². The van der Waals surface area contributed by atoms with Crippen LogP contribution in [-0.4, -0.2) is 50.2 Å². The lowest BCUT2D eigenvalue weighted by Crippen LogP contribution is -2.37. The molecule has 1 amide bonds. The van der Waals surface area contributed by atoms with Crippen molar-refractivity contribution in [1.82, 2.24) is 30.0 Å². The molecule has 1 fully saturated rings. The molecule has 0 bridgehead atoms. The minimum Gasteiger partial charge on any atom is -0.338 e. The van der Waals surface area contributed by atoms with E-state index in [0.717, 1.165) is 60.9 Å². The maximum absolute atomic E-state index is 12.9. The molecule has 7 nitrogen and oxygen atoms in total. The van der Waals surface area contributed by atoms with Gasteiger partial charge in [0.15, 0.2) is 0 Å². The Hall–Kier alpha value is -2.28. The van der Waals surface area contributed by atoms with E-state index < -0.39 is 0 Å². The summed E-state index contributed by atoms with van der Waals surface area (Å²) in [5.41, 5.74) is 5.59. The summed E-state index contributed by atoms with van der Waals surface area (Å²) in [5.74, 6) is 1.56. The van der Waals surface area contributed by atoms with Crippen LogP contribution in [0.5, 0.6) is 0 Å². The van der Waals surface area contributed by atoms with Crippen molar-refractivity contribution in [2.45, 2.75) is 65.5 Å². The highest BCUT2D eigenvalue weighted by molar-refractivity contribution is 5.77. The van der Waals surface area contributed by atoms with Gasteiger partial charge in [-0.2, -0.15) is 5.10 Å². The molecular weight excluding hydrogens is 352 g/mol. The predicted octanol–water partition coefficient (Wildman–Crippen LogP) is 2.21. The van der Waals surface area contributed by atoms with Gasteiger partial charge >= 0.3 is 0 Å². The zero-order chi connectivity index (χ0) is 19.8. The van der Waals surface area contributed by atoms with Gasteiger partial charge in [-0.15, -0.1) is 0 Å². The first kappa shape index (κ1) is 19.1. The fourth-order valence-electron chi connectivity index (χ4n) is 4.26. The molecule has 2 aromatic heterocycles. The number of aromatic nitrogens is 4. The second kappa shape index (κ2) is 7.62. The monoisotopic (exact) mass is 382 g/mol. The summed E-state index contributed by atoms with van der Waals surface area (Å²) in [5, 5.41) is 7.99. The van der Waals surface area contributed by atoms with Crippen molar-refractivity contribution in [1.29, 1.82) is 0 Å². The quantitative estimate of drug-likeness (QED) is 0.877. The van der Waals surface area contributed by atoms with Gasteiger partial charge in [0.05, 0.1) is 17.4 Å². The van der Waals surface area contributed by atoms with Gasteiger partial charge < -0.3 is 10.2 Å². The number of aryl methyl sites for hydroxylation is 1. The van der Waals surface area contributed by atoms with Gasteiger partial charge in [0.1, 0.15) is 5.82 Å². The Morgan fingerprint density at radius 1 is 1.36 bits per heavy atom. The SMILES string of the molecule is Cc1nn([C@@H](C)CC(=O)N2CCc3nc([C@H]4CCNC4)ncc3C2)c(C)c1C. The number of nitrogens with zero attached hydrogens (tertiary/aromatic N) is 5. The first-order valence-corrected chi connectivity index (χ1v) is 10.3. The molecule has 150 valence electrons. The minimum atomic E-state index is 0.0507. The number of amides is 1. The largest absolute Gasteiger partial charge is 0.338 e. The van der Waals surface area contributed by atoms with E-state index in [0.29, 0.717) is 18.9 Å². The molecule has 0 unspecified atom stereocenters. The van der Waals surface area contributed by atoms with Crippen LogP contribution < -0.4 is 5.32 Å². The number of carbonyl (C=O) groups is 1. The van der Waals surface area contributed by atoms with Crippen LogP contribution >= 0.6 is 0 Å². The standard InChI is InChI=1S/C21H30N6O/c1-13(27-16(4)14(2)15(3)25-27)9-20(28)26-8-6-19-18(12-26)11-23-21(24-19)17-5-7-22-10-17/h11,13,17,22H,5-10,12H2,1-4H3/t13-,17-/m0/s1. The molecule has 2 atom stereocenters. The Morgan fingerprint density at radius 3 is 2.86 bits per heavy atom. The lowest BCUT2D eigenvalue weighted by molar-refractivity contribution is -0.133. The van der Waals surface area contributed by atoms with Crippen molar-refractivity contribution < 1.29 is 4.79 Å². The Bertz CT molecular complexity index is 883. The lowest BCUT2D eigenvalue weighted by Gasteiger charge is -2.29. The number of carbonyl (C=O) groups excluding carboxylic acids is 1. The third-order valence-electron chi connectivity index (χ3n) is 6.31. The lowest BCUT2D eigenvalue weighted by atomic mass is 10.0. The number of hydrogen-bond donors (Lipinski definition) is 1. The van der Waals surface area contributed by atoms with Crippen LogP contribution in [0.25, 0.3) is 0 Å². The van der Waals surface area contributed by atoms with Gasteiger partial charge in [-0.1, -0.05) is 0 Å². The van der Waals surface area contributed by atoms with E-state index in [1.165, 1.54) is 5.56 Å². The van der Waals surface area contributed by atoms with Crippen LogP contribution in [0.1, 0.15) is 65.8 Å². The van der Waals surface area contributed by atoms with E-state index in [1.54, 1.807) is 0 Å². The van der Waals surface area contributed by atoms with E-state index in [4.69, 9.17) is 4.98 Å². The molecular formula is C21H30N6O. The van der Waals surface area contributed by atoms with Crippen molar-refractivity contribution in [3.63, 3.8) is 0 Å². The smallest absolute Gasteiger partial charge is 0.225 e. The molecule has 2 aromatic rings. The average Bonchev–Trinajstić information content (AvgIpc) is 3.32. The number of hydrogen-bond acceptors (Lipinski definition) is 5. The topological polar surface area (TPSA) is 75.9 Å². The second-order valence-electron chi connectivity index (χ2n) is 8.25. The molecule has 1 saturated heterocycles. The summed E-state index contributed by atoms with van der Waals surface area (Å²) in [4.78, 5) is 24.3. The molecule has 2 aliphatic rings. The first-order chi connectivity index (χ1) is 13.4. The van der Waals surface area contributed by atoms with E-state index >= 15 is 0 Å². The van der Waals surface area contributed by atoms with Crippen LogP contribution in [0.3, 0.4) is 0 Å². The zero-order valence-corrected chi connectivity index (χ0v) is 17.3. The maximum Gasteiger partial charge on any atom is 0.225 e. The molecule has 0 radical (unpaired) electrons. The highest BCUT2D eigenvalue weighted by atomic mass is 16.2. The zero-order valence-electron chi connectivity index (χ0n) is 17.3. The van der Waals surface area contributed by atoms with Crippen molar-refractivity contribution in [3.8, 4) is 0 Å². The fourth-order valence-corrected chi connectivity index (χ4v) is 4.26. The van der Waals surface area contributed by atoms with Crippen LogP contribution in [0.2, 0.25) is 0 Å². The van der Waals surface area contributed by atoms with Crippen molar-refractivity contribution in [2.24, 2.45) is 0 Å². The molecule has 7 heteroatoms. The Labute approximate surface area is 166 Å². The van der Waals surface area contributed by atoms with Crippen molar-refractivity contribution >= 4 is 5.91 Å². The maximum atomic E-state index is 12.9. The Balaban J connectivity index is 1.42. The van der Waals surface area contributed by atoms with Gasteiger partial charge in [-0.05, 0) is 46.2 Å². The normalized spacial score (nSPS) is 20.3. The Morgan fingerprint density at radius 2 is 2.18 bits per heavy atom. The van der Waals surface area contributed by atoms with E-state index in [1.807, 2.05) is 22.7 Å². The molecule has 0 aliphatic carbocycles. The van der Waals surface area contributed by atoms with Gasteiger partial charge in [0.25, 0.3) is 0 Å². The van der Waals surface area contributed by atoms with Crippen molar-refractivity contribution in [3.05, 3.63) is 40.2 Å². The molecule has 0 aromatic carbocycles. The molecule has 0 saturated carbocycles. The average molecular weight is 383 g/mol. The van der Waals surface area contributed by atoms with Gasteiger partial charge in [0, 0.05) is 55.8 Å². The number of fused-ring (bicyclic) bond motifs is 1. The molecule has 2 aliphatic heterocycles. The van der Waals surface area contributed by atoms with Crippen LogP contribution in [-0.2, 0) is 17.8 Å². The summed E-state index contributed by atoms with van der Waals surface area (Å²) in [7, 11) is 0. The van der Waals surface area contributed by atoms with E-state index in [2.05, 4.69) is 36.2 Å². The number of rotatable bonds is 4. The molecule has 4 heterocycles. The third-order valence-corrected chi connectivity index (χ3v) is 6.31. The van der Waals surface area contributed by atoms with Crippen LogP contribution in [0, 0.1) is 20.8 Å². The number of nitrogens with one attached hydrogen (secondary N) is 1. The van der Waals surface area contributed by atoms with Crippen LogP contribution in [0.4, 0.5) is 0 Å². The van der Waals surface area contributed by atoms with E-state index in [-0.39, 0.29) is 11.9 Å². The molecule has 4 rings (SSSR count). The third kappa shape index (κ3) is 3.55. The summed E-state index contributed by atoms with van der Waals surface area (Å²) >= 11 is 0. The molecule has 0 spiro atoms. The van der Waals surface area contributed by atoms with Gasteiger partial charge in [-0.25, -0.2) is 9.97 Å². The fraction of sp³-hybridized carbons (Fsp3) is 0.619. The van der Waals surface area contributed by atoms with E-state index in [9.17, 15) is 4.79 Å². The minimum absolute atomic E-state index is 0.0507. The molecule has 28 heavy (non-hydrogen) atoms. The summed E-state index contributed by atoms with van der Waals surface area (Å²) in [6.45, 7) is 11.6. The van der Waals surface area contributed by atoms with Gasteiger partial charge in [0.2, 0.25) is 5.91 Å². The highest BCUT2D eigenvalue weighted by Gasteiger charge is 2.26. The molecule has 1 N–H and O–H groups in total. The predicted molar refractivity (Wildman–Crippen MR) is 107 cm³/mol. The summed E-state index contributed by atoms with van der Waals surface area (Å²) < 4.78 is 1.99. The summed E-state index contributed by atoms with van der Waals surface area (Å²) in [6.07, 6.45) is 4.31. The second-order valence-corrected chi connectivity index (χ2v) is 8.25. The van der Waals surface area contributed by atoms with Crippen LogP contribution in [0.15, 0.2) is 6.20 Å². The Kier molecular flexibility index (Phi) is 5.19. The van der Waals surface area contributed by atoms with Gasteiger partial charge in [-0.3, -0.25) is 9.48 Å².